The number of nitrogens with one attached hydrogen (secondary N) is 2. The average Bonchev–Trinajstić information content (AvgIpc) is 2.45. The number of rotatable bonds is 6. The molecule has 0 unspecified atom stereocenters. The molecule has 1 heterocycles. The molecule has 2 N–H and O–H groups in total. The summed E-state index contributed by atoms with van der Waals surface area (Å²) in [7, 11) is 0. The highest BCUT2D eigenvalue weighted by Gasteiger charge is 2.08. The predicted octanol–water partition coefficient (Wildman–Crippen LogP) is 0.590. The Bertz CT molecular complexity index is 402. The molecule has 1 saturated heterocycles. The first-order valence-corrected chi connectivity index (χ1v) is 6.63. The molecule has 0 aliphatic carbocycles. The molecule has 0 atom stereocenters. The monoisotopic (exact) mass is 264 g/mol. The Hall–Kier alpha value is -1.50. The molecule has 0 aromatic heterocycles. The molecular formula is C13H20N4O2. The third kappa shape index (κ3) is 4.59. The average molecular weight is 264 g/mol. The summed E-state index contributed by atoms with van der Waals surface area (Å²) in [5, 5.41) is 17.2. The smallest absolute Gasteiger partial charge is 0.269 e. The Morgan fingerprint density at radius 3 is 2.58 bits per heavy atom. The SMILES string of the molecule is O=[N+]([O-])c1ccc(CNCCN2CCNCC2)cc1. The van der Waals surface area contributed by atoms with Crippen molar-refractivity contribution in [2.45, 2.75) is 6.54 Å². The van der Waals surface area contributed by atoms with Crippen molar-refractivity contribution in [3.05, 3.63) is 39.9 Å². The minimum absolute atomic E-state index is 0.143. The van der Waals surface area contributed by atoms with Crippen LogP contribution in [0.3, 0.4) is 0 Å². The van der Waals surface area contributed by atoms with Gasteiger partial charge in [-0.05, 0) is 5.56 Å². The first-order valence-electron chi connectivity index (χ1n) is 6.63. The summed E-state index contributed by atoms with van der Waals surface area (Å²) in [6.07, 6.45) is 0. The minimum Gasteiger partial charge on any atom is -0.314 e. The Morgan fingerprint density at radius 1 is 1.26 bits per heavy atom. The standard InChI is InChI=1S/C13H20N4O2/c18-17(19)13-3-1-12(2-4-13)11-15-7-10-16-8-5-14-6-9-16/h1-4,14-15H,5-11H2. The number of non-ortho nitro benzene ring substituents is 1. The minimum atomic E-state index is -0.373. The first-order chi connectivity index (χ1) is 9.25. The van der Waals surface area contributed by atoms with Crippen molar-refractivity contribution < 1.29 is 4.92 Å². The van der Waals surface area contributed by atoms with Crippen LogP contribution in [0.5, 0.6) is 0 Å². The van der Waals surface area contributed by atoms with E-state index in [-0.39, 0.29) is 10.6 Å². The van der Waals surface area contributed by atoms with Gasteiger partial charge in [0.25, 0.3) is 5.69 Å². The maximum atomic E-state index is 10.5. The summed E-state index contributed by atoms with van der Waals surface area (Å²) in [4.78, 5) is 12.6. The van der Waals surface area contributed by atoms with E-state index in [1.807, 2.05) is 0 Å². The van der Waals surface area contributed by atoms with Crippen molar-refractivity contribution >= 4 is 5.69 Å². The summed E-state index contributed by atoms with van der Waals surface area (Å²) in [6, 6.07) is 6.70. The lowest BCUT2D eigenvalue weighted by molar-refractivity contribution is -0.384. The molecule has 1 aromatic carbocycles. The van der Waals surface area contributed by atoms with Crippen LogP contribution in [-0.4, -0.2) is 49.1 Å². The predicted molar refractivity (Wildman–Crippen MR) is 74.1 cm³/mol. The number of piperazine rings is 1. The number of nitrogens with zero attached hydrogens (tertiary/aromatic N) is 2. The second-order valence-corrected chi connectivity index (χ2v) is 4.69. The molecule has 1 aromatic rings. The largest absolute Gasteiger partial charge is 0.314 e. The quantitative estimate of drug-likeness (QED) is 0.447. The highest BCUT2D eigenvalue weighted by molar-refractivity contribution is 5.32. The Labute approximate surface area is 112 Å². The van der Waals surface area contributed by atoms with Gasteiger partial charge in [-0.25, -0.2) is 0 Å². The van der Waals surface area contributed by atoms with Gasteiger partial charge < -0.3 is 10.6 Å². The summed E-state index contributed by atoms with van der Waals surface area (Å²) < 4.78 is 0. The second kappa shape index (κ2) is 7.18. The van der Waals surface area contributed by atoms with E-state index in [1.165, 1.54) is 0 Å². The molecule has 1 aliphatic heterocycles. The molecule has 6 heteroatoms. The van der Waals surface area contributed by atoms with Gasteiger partial charge in [-0.3, -0.25) is 15.0 Å². The van der Waals surface area contributed by atoms with E-state index >= 15 is 0 Å². The Balaban J connectivity index is 1.66. The summed E-state index contributed by atoms with van der Waals surface area (Å²) >= 11 is 0. The van der Waals surface area contributed by atoms with E-state index in [4.69, 9.17) is 0 Å². The zero-order valence-corrected chi connectivity index (χ0v) is 11.0. The number of benzene rings is 1. The molecule has 0 radical (unpaired) electrons. The number of hydrogen-bond acceptors (Lipinski definition) is 5. The van der Waals surface area contributed by atoms with Crippen LogP contribution in [0, 0.1) is 10.1 Å². The van der Waals surface area contributed by atoms with Gasteiger partial charge in [0, 0.05) is 57.9 Å². The van der Waals surface area contributed by atoms with Crippen molar-refractivity contribution in [2.24, 2.45) is 0 Å². The molecule has 6 nitrogen and oxygen atoms in total. The van der Waals surface area contributed by atoms with Crippen LogP contribution in [0.25, 0.3) is 0 Å². The second-order valence-electron chi connectivity index (χ2n) is 4.69. The van der Waals surface area contributed by atoms with Gasteiger partial charge in [0.2, 0.25) is 0 Å². The van der Waals surface area contributed by atoms with E-state index in [0.717, 1.165) is 51.4 Å². The fourth-order valence-electron chi connectivity index (χ4n) is 2.14. The molecule has 2 rings (SSSR count). The normalized spacial score (nSPS) is 16.4. The Kier molecular flexibility index (Phi) is 5.26. The van der Waals surface area contributed by atoms with Crippen molar-refractivity contribution in [3.63, 3.8) is 0 Å². The van der Waals surface area contributed by atoms with Crippen LogP contribution >= 0.6 is 0 Å². The molecule has 19 heavy (non-hydrogen) atoms. The van der Waals surface area contributed by atoms with E-state index in [2.05, 4.69) is 15.5 Å². The van der Waals surface area contributed by atoms with E-state index < -0.39 is 0 Å². The van der Waals surface area contributed by atoms with Crippen molar-refractivity contribution in [2.75, 3.05) is 39.3 Å². The highest BCUT2D eigenvalue weighted by Crippen LogP contribution is 2.11. The van der Waals surface area contributed by atoms with Crippen molar-refractivity contribution in [3.8, 4) is 0 Å². The lowest BCUT2D eigenvalue weighted by Gasteiger charge is -2.27. The fraction of sp³-hybridized carbons (Fsp3) is 0.538. The highest BCUT2D eigenvalue weighted by atomic mass is 16.6. The van der Waals surface area contributed by atoms with E-state index in [9.17, 15) is 10.1 Å². The zero-order valence-electron chi connectivity index (χ0n) is 11.0. The molecule has 1 aliphatic rings. The van der Waals surface area contributed by atoms with Crippen molar-refractivity contribution in [1.82, 2.24) is 15.5 Å². The van der Waals surface area contributed by atoms with Crippen LogP contribution in [-0.2, 0) is 6.54 Å². The zero-order chi connectivity index (χ0) is 13.5. The number of nitro benzene ring substituents is 1. The summed E-state index contributed by atoms with van der Waals surface area (Å²) in [6.45, 7) is 7.11. The van der Waals surface area contributed by atoms with E-state index in [1.54, 1.807) is 24.3 Å². The molecule has 0 saturated carbocycles. The van der Waals surface area contributed by atoms with Crippen molar-refractivity contribution in [1.29, 1.82) is 0 Å². The van der Waals surface area contributed by atoms with Gasteiger partial charge in [0.1, 0.15) is 0 Å². The summed E-state index contributed by atoms with van der Waals surface area (Å²) in [5.74, 6) is 0. The van der Waals surface area contributed by atoms with Gasteiger partial charge in [-0.15, -0.1) is 0 Å². The van der Waals surface area contributed by atoms with E-state index in [0.29, 0.717) is 0 Å². The Morgan fingerprint density at radius 2 is 1.95 bits per heavy atom. The van der Waals surface area contributed by atoms with Crippen LogP contribution < -0.4 is 10.6 Å². The molecule has 1 fully saturated rings. The van der Waals surface area contributed by atoms with Gasteiger partial charge in [0.15, 0.2) is 0 Å². The van der Waals surface area contributed by atoms with Crippen LogP contribution in [0.2, 0.25) is 0 Å². The fourth-order valence-corrected chi connectivity index (χ4v) is 2.14. The lowest BCUT2D eigenvalue weighted by atomic mass is 10.2. The third-order valence-corrected chi connectivity index (χ3v) is 3.29. The molecule has 0 amide bonds. The van der Waals surface area contributed by atoms with Gasteiger partial charge >= 0.3 is 0 Å². The van der Waals surface area contributed by atoms with Crippen LogP contribution in [0.4, 0.5) is 5.69 Å². The topological polar surface area (TPSA) is 70.4 Å². The number of nitro groups is 1. The first kappa shape index (κ1) is 13.9. The van der Waals surface area contributed by atoms with Gasteiger partial charge in [0.05, 0.1) is 4.92 Å². The van der Waals surface area contributed by atoms with Crippen LogP contribution in [0.1, 0.15) is 5.56 Å². The maximum absolute atomic E-state index is 10.5. The maximum Gasteiger partial charge on any atom is 0.269 e. The lowest BCUT2D eigenvalue weighted by Crippen LogP contribution is -2.45. The van der Waals surface area contributed by atoms with Gasteiger partial charge in [-0.1, -0.05) is 12.1 Å². The number of hydrogen-bond donors (Lipinski definition) is 2. The molecular weight excluding hydrogens is 244 g/mol. The van der Waals surface area contributed by atoms with Gasteiger partial charge in [-0.2, -0.15) is 0 Å². The molecule has 104 valence electrons. The third-order valence-electron chi connectivity index (χ3n) is 3.29. The summed E-state index contributed by atoms with van der Waals surface area (Å²) in [5.41, 5.74) is 1.22. The molecule has 0 spiro atoms. The van der Waals surface area contributed by atoms with Crippen LogP contribution in [0.15, 0.2) is 24.3 Å². The molecule has 0 bridgehead atoms.